The maximum Gasteiger partial charge on any atom is 0.144 e. The van der Waals surface area contributed by atoms with Crippen LogP contribution in [0.3, 0.4) is 0 Å². The molecule has 2 rings (SSSR count). The summed E-state index contributed by atoms with van der Waals surface area (Å²) in [5, 5.41) is 0. The number of hydrogen-bond acceptors (Lipinski definition) is 3. The first kappa shape index (κ1) is 14.7. The molecule has 1 N–H and O–H groups in total. The standard InChI is InChI=1S/C13H12BrFN2S2/c1-2-10-12(14)13(18)17-11(16-10)7-19-9-5-3-8(15)4-6-9/h3-6H,2,7H2,1H3,(H,16,17,18). The normalized spacial score (nSPS) is 10.7. The lowest BCUT2D eigenvalue weighted by Gasteiger charge is -2.06. The lowest BCUT2D eigenvalue weighted by Crippen LogP contribution is -1.99. The van der Waals surface area contributed by atoms with Crippen molar-refractivity contribution in [3.63, 3.8) is 0 Å². The Morgan fingerprint density at radius 1 is 1.37 bits per heavy atom. The summed E-state index contributed by atoms with van der Waals surface area (Å²) in [5.74, 6) is 1.29. The Morgan fingerprint density at radius 2 is 2.05 bits per heavy atom. The molecule has 0 radical (unpaired) electrons. The van der Waals surface area contributed by atoms with Crippen molar-refractivity contribution >= 4 is 39.9 Å². The van der Waals surface area contributed by atoms with Gasteiger partial charge in [-0.15, -0.1) is 11.8 Å². The van der Waals surface area contributed by atoms with Gasteiger partial charge in [0.2, 0.25) is 0 Å². The fourth-order valence-corrected chi connectivity index (χ4v) is 3.02. The summed E-state index contributed by atoms with van der Waals surface area (Å²) in [5.41, 5.74) is 1.05. The number of rotatable bonds is 4. The molecule has 1 aromatic carbocycles. The average Bonchev–Trinajstić information content (AvgIpc) is 2.41. The topological polar surface area (TPSA) is 28.7 Å². The van der Waals surface area contributed by atoms with Crippen LogP contribution >= 0.6 is 39.9 Å². The van der Waals surface area contributed by atoms with Gasteiger partial charge in [0.15, 0.2) is 0 Å². The third-order valence-electron chi connectivity index (χ3n) is 2.53. The van der Waals surface area contributed by atoms with Crippen LogP contribution in [0.5, 0.6) is 0 Å². The number of nitrogens with one attached hydrogen (secondary N) is 1. The van der Waals surface area contributed by atoms with Gasteiger partial charge in [0.1, 0.15) is 16.3 Å². The molecule has 0 aliphatic carbocycles. The zero-order valence-electron chi connectivity index (χ0n) is 10.2. The van der Waals surface area contributed by atoms with Crippen LogP contribution in [0.2, 0.25) is 0 Å². The molecule has 0 unspecified atom stereocenters. The molecule has 19 heavy (non-hydrogen) atoms. The minimum absolute atomic E-state index is 0.223. The van der Waals surface area contributed by atoms with Crippen molar-refractivity contribution in [3.8, 4) is 0 Å². The molecular formula is C13H12BrFN2S2. The fourth-order valence-electron chi connectivity index (χ4n) is 1.55. The van der Waals surface area contributed by atoms with Crippen molar-refractivity contribution in [1.82, 2.24) is 9.97 Å². The van der Waals surface area contributed by atoms with Gasteiger partial charge in [-0.2, -0.15) is 0 Å². The van der Waals surface area contributed by atoms with Crippen molar-refractivity contribution in [3.05, 3.63) is 50.7 Å². The van der Waals surface area contributed by atoms with Crippen molar-refractivity contribution in [2.75, 3.05) is 0 Å². The Hall–Kier alpha value is -0.720. The summed E-state index contributed by atoms with van der Waals surface area (Å²) < 4.78 is 14.2. The molecule has 0 spiro atoms. The van der Waals surface area contributed by atoms with E-state index in [1.165, 1.54) is 12.1 Å². The van der Waals surface area contributed by atoms with E-state index < -0.39 is 0 Å². The molecule has 0 fully saturated rings. The van der Waals surface area contributed by atoms with Gasteiger partial charge in [0.25, 0.3) is 0 Å². The van der Waals surface area contributed by atoms with Crippen LogP contribution < -0.4 is 0 Å². The molecule has 0 atom stereocenters. The second-order valence-electron chi connectivity index (χ2n) is 3.88. The summed E-state index contributed by atoms with van der Waals surface area (Å²) >= 11 is 10.2. The van der Waals surface area contributed by atoms with E-state index in [-0.39, 0.29) is 5.82 Å². The van der Waals surface area contributed by atoms with Crippen LogP contribution in [0, 0.1) is 10.5 Å². The first-order valence-electron chi connectivity index (χ1n) is 5.76. The first-order chi connectivity index (χ1) is 9.10. The Bertz CT molecular complexity index is 626. The van der Waals surface area contributed by atoms with Gasteiger partial charge in [-0.25, -0.2) is 9.37 Å². The molecular weight excluding hydrogens is 347 g/mol. The highest BCUT2D eigenvalue weighted by atomic mass is 79.9. The van der Waals surface area contributed by atoms with Gasteiger partial charge < -0.3 is 4.98 Å². The number of aryl methyl sites for hydroxylation is 1. The molecule has 2 aromatic rings. The Balaban J connectivity index is 2.13. The Kier molecular flexibility index (Phi) is 5.13. The minimum atomic E-state index is -0.223. The second-order valence-corrected chi connectivity index (χ2v) is 6.11. The highest BCUT2D eigenvalue weighted by Crippen LogP contribution is 2.23. The molecule has 0 saturated carbocycles. The summed E-state index contributed by atoms with van der Waals surface area (Å²) in [4.78, 5) is 8.60. The van der Waals surface area contributed by atoms with Gasteiger partial charge in [0.05, 0.1) is 10.2 Å². The number of aromatic nitrogens is 2. The number of benzene rings is 1. The smallest absolute Gasteiger partial charge is 0.144 e. The summed E-state index contributed by atoms with van der Waals surface area (Å²) in [6.07, 6.45) is 0.862. The van der Waals surface area contributed by atoms with Crippen LogP contribution in [-0.2, 0) is 12.2 Å². The molecule has 2 nitrogen and oxygen atoms in total. The molecule has 1 heterocycles. The van der Waals surface area contributed by atoms with Crippen molar-refractivity contribution in [2.45, 2.75) is 24.0 Å². The van der Waals surface area contributed by atoms with Crippen molar-refractivity contribution in [2.24, 2.45) is 0 Å². The maximum atomic E-state index is 12.8. The number of hydrogen-bond donors (Lipinski definition) is 1. The highest BCUT2D eigenvalue weighted by Gasteiger charge is 2.05. The minimum Gasteiger partial charge on any atom is -0.345 e. The zero-order chi connectivity index (χ0) is 13.8. The molecule has 0 aliphatic rings. The predicted octanol–water partition coefficient (Wildman–Crippen LogP) is 4.90. The van der Waals surface area contributed by atoms with Crippen LogP contribution in [-0.4, -0.2) is 9.97 Å². The number of H-pyrrole nitrogens is 1. The monoisotopic (exact) mass is 358 g/mol. The van der Waals surface area contributed by atoms with Gasteiger partial charge in [-0.3, -0.25) is 0 Å². The largest absolute Gasteiger partial charge is 0.345 e. The van der Waals surface area contributed by atoms with Gasteiger partial charge >= 0.3 is 0 Å². The number of thioether (sulfide) groups is 1. The predicted molar refractivity (Wildman–Crippen MR) is 82.5 cm³/mol. The number of aromatic amines is 1. The van der Waals surface area contributed by atoms with E-state index in [1.807, 2.05) is 0 Å². The average molecular weight is 359 g/mol. The third-order valence-corrected chi connectivity index (χ3v) is 4.96. The van der Waals surface area contributed by atoms with Crippen LogP contribution in [0.1, 0.15) is 18.4 Å². The number of nitrogens with zero attached hydrogens (tertiary/aromatic N) is 1. The highest BCUT2D eigenvalue weighted by molar-refractivity contribution is 9.10. The van der Waals surface area contributed by atoms with E-state index in [9.17, 15) is 4.39 Å². The molecule has 100 valence electrons. The van der Waals surface area contributed by atoms with E-state index in [2.05, 4.69) is 32.8 Å². The Labute approximate surface area is 129 Å². The molecule has 0 saturated heterocycles. The van der Waals surface area contributed by atoms with Crippen LogP contribution in [0.15, 0.2) is 33.6 Å². The summed E-state index contributed by atoms with van der Waals surface area (Å²) in [6, 6.07) is 6.43. The third kappa shape index (κ3) is 3.87. The summed E-state index contributed by atoms with van der Waals surface area (Å²) in [7, 11) is 0. The second kappa shape index (κ2) is 6.63. The van der Waals surface area contributed by atoms with E-state index in [0.29, 0.717) is 10.4 Å². The van der Waals surface area contributed by atoms with Crippen molar-refractivity contribution < 1.29 is 4.39 Å². The fraction of sp³-hybridized carbons (Fsp3) is 0.231. The van der Waals surface area contributed by atoms with Gasteiger partial charge in [-0.05, 0) is 46.6 Å². The SMILES string of the molecule is CCc1[nH]c(CSc2ccc(F)cc2)nc(=S)c1Br. The van der Waals surface area contributed by atoms with Crippen LogP contribution in [0.4, 0.5) is 4.39 Å². The molecule has 6 heteroatoms. The quantitative estimate of drug-likeness (QED) is 0.622. The zero-order valence-corrected chi connectivity index (χ0v) is 13.5. The lowest BCUT2D eigenvalue weighted by atomic mass is 10.3. The Morgan fingerprint density at radius 3 is 2.68 bits per heavy atom. The maximum absolute atomic E-state index is 12.8. The first-order valence-corrected chi connectivity index (χ1v) is 7.94. The number of halogens is 2. The lowest BCUT2D eigenvalue weighted by molar-refractivity contribution is 0.626. The van der Waals surface area contributed by atoms with Gasteiger partial charge in [-0.1, -0.05) is 19.1 Å². The van der Waals surface area contributed by atoms with E-state index in [4.69, 9.17) is 12.2 Å². The van der Waals surface area contributed by atoms with E-state index >= 15 is 0 Å². The molecule has 1 aromatic heterocycles. The summed E-state index contributed by atoms with van der Waals surface area (Å²) in [6.45, 7) is 2.06. The van der Waals surface area contributed by atoms with E-state index in [1.54, 1.807) is 23.9 Å². The van der Waals surface area contributed by atoms with Crippen molar-refractivity contribution in [1.29, 1.82) is 0 Å². The molecule has 0 amide bonds. The van der Waals surface area contributed by atoms with Crippen LogP contribution in [0.25, 0.3) is 0 Å². The molecule has 0 aliphatic heterocycles. The van der Waals surface area contributed by atoms with Gasteiger partial charge in [0, 0.05) is 10.6 Å². The molecule has 0 bridgehead atoms. The van der Waals surface area contributed by atoms with E-state index in [0.717, 1.165) is 27.3 Å².